The van der Waals surface area contributed by atoms with Gasteiger partial charge in [-0.1, -0.05) is 18.2 Å². The zero-order valence-corrected chi connectivity index (χ0v) is 12.7. The van der Waals surface area contributed by atoms with Crippen LogP contribution in [0.3, 0.4) is 0 Å². The lowest BCUT2D eigenvalue weighted by Crippen LogP contribution is -2.51. The highest BCUT2D eigenvalue weighted by molar-refractivity contribution is 5.97. The molecule has 116 valence electrons. The average molecular weight is 300 g/mol. The third-order valence-corrected chi connectivity index (χ3v) is 3.63. The molecule has 1 heterocycles. The van der Waals surface area contributed by atoms with Gasteiger partial charge in [0.15, 0.2) is 0 Å². The molecule has 0 spiro atoms. The number of carbonyl (C=O) groups is 1. The van der Waals surface area contributed by atoms with E-state index in [1.54, 1.807) is 25.3 Å². The lowest BCUT2D eigenvalue weighted by atomic mass is 9.97. The SMILES string of the molecule is Cc1c(C(=O)NC(C)(CO)CO)cccc1-c1ccccn1. The Morgan fingerprint density at radius 2 is 1.91 bits per heavy atom. The molecule has 0 aliphatic carbocycles. The second-order valence-electron chi connectivity index (χ2n) is 5.52. The van der Waals surface area contributed by atoms with E-state index < -0.39 is 5.54 Å². The van der Waals surface area contributed by atoms with E-state index in [9.17, 15) is 15.0 Å². The molecule has 2 rings (SSSR count). The Kier molecular flexibility index (Phi) is 4.90. The molecule has 2 aromatic rings. The predicted octanol–water partition coefficient (Wildman–Crippen LogP) is 1.53. The third kappa shape index (κ3) is 3.32. The van der Waals surface area contributed by atoms with Crippen LogP contribution in [0.2, 0.25) is 0 Å². The summed E-state index contributed by atoms with van der Waals surface area (Å²) < 4.78 is 0. The molecule has 22 heavy (non-hydrogen) atoms. The third-order valence-electron chi connectivity index (χ3n) is 3.63. The minimum atomic E-state index is -1.05. The molecule has 1 aromatic heterocycles. The Bertz CT molecular complexity index is 652. The first-order chi connectivity index (χ1) is 10.5. The summed E-state index contributed by atoms with van der Waals surface area (Å²) in [5.41, 5.74) is 1.92. The van der Waals surface area contributed by atoms with Crippen LogP contribution < -0.4 is 5.32 Å². The predicted molar refractivity (Wildman–Crippen MR) is 84.5 cm³/mol. The number of aliphatic hydroxyl groups is 2. The normalized spacial score (nSPS) is 11.3. The van der Waals surface area contributed by atoms with Crippen LogP contribution in [0, 0.1) is 6.92 Å². The Morgan fingerprint density at radius 1 is 1.18 bits per heavy atom. The standard InChI is InChI=1S/C17H20N2O3/c1-12-13(15-8-3-4-9-18-15)6-5-7-14(12)16(22)19-17(2,10-20)11-21/h3-9,20-21H,10-11H2,1-2H3,(H,19,22). The first-order valence-corrected chi connectivity index (χ1v) is 7.06. The number of aromatic nitrogens is 1. The number of pyridine rings is 1. The van der Waals surface area contributed by atoms with Crippen LogP contribution in [0.15, 0.2) is 42.6 Å². The summed E-state index contributed by atoms with van der Waals surface area (Å²) in [5.74, 6) is -0.333. The van der Waals surface area contributed by atoms with Crippen LogP contribution >= 0.6 is 0 Å². The van der Waals surface area contributed by atoms with Crippen LogP contribution in [-0.4, -0.2) is 39.9 Å². The molecule has 1 amide bonds. The van der Waals surface area contributed by atoms with E-state index >= 15 is 0 Å². The van der Waals surface area contributed by atoms with Crippen molar-refractivity contribution in [3.8, 4) is 11.3 Å². The minimum absolute atomic E-state index is 0.333. The number of nitrogens with one attached hydrogen (secondary N) is 1. The van der Waals surface area contributed by atoms with Crippen molar-refractivity contribution >= 4 is 5.91 Å². The zero-order valence-electron chi connectivity index (χ0n) is 12.7. The fourth-order valence-corrected chi connectivity index (χ4v) is 2.15. The van der Waals surface area contributed by atoms with Gasteiger partial charge in [-0.2, -0.15) is 0 Å². The molecule has 0 aliphatic rings. The highest BCUT2D eigenvalue weighted by Gasteiger charge is 2.26. The van der Waals surface area contributed by atoms with Gasteiger partial charge in [-0.3, -0.25) is 9.78 Å². The summed E-state index contributed by atoms with van der Waals surface area (Å²) in [5, 5.41) is 21.3. The van der Waals surface area contributed by atoms with E-state index in [1.807, 2.05) is 31.2 Å². The largest absolute Gasteiger partial charge is 0.394 e. The van der Waals surface area contributed by atoms with Crippen molar-refractivity contribution in [1.29, 1.82) is 0 Å². The van der Waals surface area contributed by atoms with Crippen molar-refractivity contribution in [2.24, 2.45) is 0 Å². The van der Waals surface area contributed by atoms with Gasteiger partial charge in [0.25, 0.3) is 5.91 Å². The molecule has 1 aromatic carbocycles. The first-order valence-electron chi connectivity index (χ1n) is 7.06. The Balaban J connectivity index is 2.35. The summed E-state index contributed by atoms with van der Waals surface area (Å²) in [6.07, 6.45) is 1.70. The lowest BCUT2D eigenvalue weighted by Gasteiger charge is -2.26. The number of rotatable bonds is 5. The Labute approximate surface area is 129 Å². The van der Waals surface area contributed by atoms with Gasteiger partial charge in [-0.15, -0.1) is 0 Å². The summed E-state index contributed by atoms with van der Waals surface area (Å²) >= 11 is 0. The van der Waals surface area contributed by atoms with E-state index in [-0.39, 0.29) is 19.1 Å². The second-order valence-corrected chi connectivity index (χ2v) is 5.52. The quantitative estimate of drug-likeness (QED) is 0.782. The second kappa shape index (κ2) is 6.68. The van der Waals surface area contributed by atoms with Crippen LogP contribution in [0.1, 0.15) is 22.8 Å². The van der Waals surface area contributed by atoms with Gasteiger partial charge in [-0.05, 0) is 37.6 Å². The summed E-state index contributed by atoms with van der Waals surface area (Å²) in [7, 11) is 0. The molecule has 0 atom stereocenters. The molecule has 3 N–H and O–H groups in total. The lowest BCUT2D eigenvalue weighted by molar-refractivity contribution is 0.0723. The van der Waals surface area contributed by atoms with Crippen molar-refractivity contribution in [2.45, 2.75) is 19.4 Å². The van der Waals surface area contributed by atoms with Gasteiger partial charge in [-0.25, -0.2) is 0 Å². The molecular formula is C17H20N2O3. The number of hydrogen-bond donors (Lipinski definition) is 3. The maximum atomic E-state index is 12.4. The molecule has 0 unspecified atom stereocenters. The fourth-order valence-electron chi connectivity index (χ4n) is 2.15. The maximum absolute atomic E-state index is 12.4. The Morgan fingerprint density at radius 3 is 2.50 bits per heavy atom. The van der Waals surface area contributed by atoms with Gasteiger partial charge in [0.1, 0.15) is 0 Å². The van der Waals surface area contributed by atoms with Crippen LogP contribution in [0.4, 0.5) is 0 Å². The number of nitrogens with zero attached hydrogens (tertiary/aromatic N) is 1. The Hall–Kier alpha value is -2.24. The monoisotopic (exact) mass is 300 g/mol. The van der Waals surface area contributed by atoms with Gasteiger partial charge < -0.3 is 15.5 Å². The van der Waals surface area contributed by atoms with Crippen molar-refractivity contribution in [3.63, 3.8) is 0 Å². The molecule has 0 aliphatic heterocycles. The summed E-state index contributed by atoms with van der Waals surface area (Å²) in [6, 6.07) is 11.0. The zero-order chi connectivity index (χ0) is 16.2. The number of aliphatic hydroxyl groups excluding tert-OH is 2. The van der Waals surface area contributed by atoms with Crippen LogP contribution in [-0.2, 0) is 0 Å². The van der Waals surface area contributed by atoms with Crippen LogP contribution in [0.25, 0.3) is 11.3 Å². The number of amides is 1. The van der Waals surface area contributed by atoms with E-state index in [4.69, 9.17) is 0 Å². The van der Waals surface area contributed by atoms with E-state index in [0.29, 0.717) is 5.56 Å². The average Bonchev–Trinajstić information content (AvgIpc) is 2.55. The van der Waals surface area contributed by atoms with E-state index in [1.165, 1.54) is 0 Å². The highest BCUT2D eigenvalue weighted by Crippen LogP contribution is 2.24. The molecule has 5 nitrogen and oxygen atoms in total. The van der Waals surface area contributed by atoms with E-state index in [2.05, 4.69) is 10.3 Å². The van der Waals surface area contributed by atoms with Crippen molar-refractivity contribution in [3.05, 3.63) is 53.7 Å². The minimum Gasteiger partial charge on any atom is -0.394 e. The molecular weight excluding hydrogens is 280 g/mol. The van der Waals surface area contributed by atoms with Crippen molar-refractivity contribution in [1.82, 2.24) is 10.3 Å². The molecule has 5 heteroatoms. The van der Waals surface area contributed by atoms with Gasteiger partial charge >= 0.3 is 0 Å². The number of hydrogen-bond acceptors (Lipinski definition) is 4. The van der Waals surface area contributed by atoms with Crippen molar-refractivity contribution < 1.29 is 15.0 Å². The maximum Gasteiger partial charge on any atom is 0.252 e. The molecule has 0 bridgehead atoms. The summed E-state index contributed by atoms with van der Waals surface area (Å²) in [6.45, 7) is 2.76. The molecule has 0 fully saturated rings. The molecule has 0 radical (unpaired) electrons. The summed E-state index contributed by atoms with van der Waals surface area (Å²) in [4.78, 5) is 16.7. The number of carbonyl (C=O) groups excluding carboxylic acids is 1. The van der Waals surface area contributed by atoms with Gasteiger partial charge in [0.2, 0.25) is 0 Å². The van der Waals surface area contributed by atoms with Crippen LogP contribution in [0.5, 0.6) is 0 Å². The van der Waals surface area contributed by atoms with E-state index in [0.717, 1.165) is 16.8 Å². The fraction of sp³-hybridized carbons (Fsp3) is 0.294. The highest BCUT2D eigenvalue weighted by atomic mass is 16.3. The molecule has 0 saturated heterocycles. The first kappa shape index (κ1) is 16.1. The molecule has 0 saturated carbocycles. The van der Waals surface area contributed by atoms with Crippen molar-refractivity contribution in [2.75, 3.05) is 13.2 Å². The van der Waals surface area contributed by atoms with Gasteiger partial charge in [0.05, 0.1) is 24.4 Å². The topological polar surface area (TPSA) is 82.5 Å². The smallest absolute Gasteiger partial charge is 0.252 e. The van der Waals surface area contributed by atoms with Gasteiger partial charge in [0, 0.05) is 17.3 Å². The number of benzene rings is 1.